The third-order valence-electron chi connectivity index (χ3n) is 8.36. The number of amides is 1. The lowest BCUT2D eigenvalue weighted by Gasteiger charge is -2.35. The average Bonchev–Trinajstić information content (AvgIpc) is 3.07. The summed E-state index contributed by atoms with van der Waals surface area (Å²) in [6.45, 7) is 2.10. The number of esters is 2. The monoisotopic (exact) mass is 640 g/mol. The molecule has 0 aliphatic heterocycles. The number of benzene rings is 4. The van der Waals surface area contributed by atoms with Crippen LogP contribution in [0.25, 0.3) is 10.8 Å². The van der Waals surface area contributed by atoms with Crippen LogP contribution in [0.5, 0.6) is 11.5 Å². The minimum atomic E-state index is -0.679. The Morgan fingerprint density at radius 3 is 2.41 bits per heavy atom. The van der Waals surface area contributed by atoms with Crippen molar-refractivity contribution in [2.75, 3.05) is 19.5 Å². The molecule has 1 N–H and O–H groups in total. The minimum absolute atomic E-state index is 0.0879. The molecule has 10 heteroatoms. The average molecular weight is 641 g/mol. The fraction of sp³-hybridized carbons (Fsp3) is 0.278. The Morgan fingerprint density at radius 2 is 1.70 bits per heavy atom. The van der Waals surface area contributed by atoms with Gasteiger partial charge < -0.3 is 24.3 Å². The second-order valence-electron chi connectivity index (χ2n) is 11.4. The zero-order chi connectivity index (χ0) is 32.8. The standard InChI is InChI=1S/C36H33ClN2O7/c1-36(35(42)45-21-23-9-6-8-22-7-4-5-10-27(22)23)15-13-26(14-16-36)46-31-19-29(32(43-2)17-24(31)20-38)33(40)39-30-18-25(37)11-12-28(30)34(41)44-3/h4-12,17-19,26H,13-16,21H2,1-3H3,(H,39,40). The highest BCUT2D eigenvalue weighted by molar-refractivity contribution is 6.31. The molecule has 46 heavy (non-hydrogen) atoms. The van der Waals surface area contributed by atoms with Gasteiger partial charge in [-0.05, 0) is 73.2 Å². The van der Waals surface area contributed by atoms with E-state index in [1.54, 1.807) is 0 Å². The number of nitriles is 1. The van der Waals surface area contributed by atoms with E-state index in [1.165, 1.54) is 44.6 Å². The molecule has 236 valence electrons. The molecule has 4 aromatic carbocycles. The third kappa shape index (κ3) is 6.93. The van der Waals surface area contributed by atoms with E-state index in [9.17, 15) is 19.6 Å². The van der Waals surface area contributed by atoms with E-state index in [2.05, 4.69) is 11.4 Å². The van der Waals surface area contributed by atoms with E-state index in [-0.39, 0.29) is 52.6 Å². The molecular formula is C36H33ClN2O7. The van der Waals surface area contributed by atoms with Gasteiger partial charge in [-0.1, -0.05) is 54.1 Å². The smallest absolute Gasteiger partial charge is 0.339 e. The van der Waals surface area contributed by atoms with Crippen LogP contribution >= 0.6 is 11.6 Å². The number of rotatable bonds is 9. The van der Waals surface area contributed by atoms with Crippen molar-refractivity contribution in [1.29, 1.82) is 5.26 Å². The summed E-state index contributed by atoms with van der Waals surface area (Å²) in [7, 11) is 2.62. The molecule has 0 aromatic heterocycles. The lowest BCUT2D eigenvalue weighted by Crippen LogP contribution is -2.37. The van der Waals surface area contributed by atoms with Crippen LogP contribution < -0.4 is 14.8 Å². The minimum Gasteiger partial charge on any atom is -0.496 e. The molecule has 1 aliphatic carbocycles. The number of ether oxygens (including phenoxy) is 4. The van der Waals surface area contributed by atoms with Gasteiger partial charge in [-0.15, -0.1) is 0 Å². The molecule has 4 aromatic rings. The summed E-state index contributed by atoms with van der Waals surface area (Å²) >= 11 is 6.12. The highest BCUT2D eigenvalue weighted by atomic mass is 35.5. The van der Waals surface area contributed by atoms with Crippen molar-refractivity contribution in [1.82, 2.24) is 0 Å². The number of halogens is 1. The Kier molecular flexibility index (Phi) is 9.78. The van der Waals surface area contributed by atoms with Crippen molar-refractivity contribution in [2.45, 2.75) is 45.3 Å². The predicted molar refractivity (Wildman–Crippen MR) is 173 cm³/mol. The molecule has 1 aliphatic rings. The lowest BCUT2D eigenvalue weighted by atomic mass is 9.74. The zero-order valence-electron chi connectivity index (χ0n) is 25.7. The second-order valence-corrected chi connectivity index (χ2v) is 11.8. The summed E-state index contributed by atoms with van der Waals surface area (Å²) in [4.78, 5) is 38.9. The number of anilines is 1. The summed E-state index contributed by atoms with van der Waals surface area (Å²) in [6, 6.07) is 23.3. The first-order valence-electron chi connectivity index (χ1n) is 14.8. The van der Waals surface area contributed by atoms with Gasteiger partial charge >= 0.3 is 11.9 Å². The molecule has 1 fully saturated rings. The number of carbonyl (C=O) groups excluding carboxylic acids is 3. The van der Waals surface area contributed by atoms with Gasteiger partial charge in [-0.3, -0.25) is 9.59 Å². The van der Waals surface area contributed by atoms with Crippen molar-refractivity contribution in [2.24, 2.45) is 5.41 Å². The first kappa shape index (κ1) is 32.3. The normalized spacial score (nSPS) is 17.4. The van der Waals surface area contributed by atoms with Crippen LogP contribution in [0.3, 0.4) is 0 Å². The van der Waals surface area contributed by atoms with Gasteiger partial charge in [-0.25, -0.2) is 4.79 Å². The molecule has 0 heterocycles. The van der Waals surface area contributed by atoms with Crippen LogP contribution in [-0.2, 0) is 20.9 Å². The first-order valence-corrected chi connectivity index (χ1v) is 15.2. The fourth-order valence-corrected chi connectivity index (χ4v) is 5.83. The molecule has 0 radical (unpaired) electrons. The number of nitrogens with zero attached hydrogens (tertiary/aromatic N) is 1. The summed E-state index contributed by atoms with van der Waals surface area (Å²) < 4.78 is 22.3. The van der Waals surface area contributed by atoms with Crippen LogP contribution in [0.2, 0.25) is 5.02 Å². The van der Waals surface area contributed by atoms with Crippen LogP contribution in [0.15, 0.2) is 72.8 Å². The largest absolute Gasteiger partial charge is 0.496 e. The maximum atomic E-state index is 13.4. The molecule has 0 saturated heterocycles. The molecule has 1 saturated carbocycles. The highest BCUT2D eigenvalue weighted by Gasteiger charge is 2.40. The zero-order valence-corrected chi connectivity index (χ0v) is 26.5. The Labute approximate surface area is 272 Å². The van der Waals surface area contributed by atoms with E-state index < -0.39 is 17.3 Å². The van der Waals surface area contributed by atoms with Crippen LogP contribution in [0.4, 0.5) is 5.69 Å². The summed E-state index contributed by atoms with van der Waals surface area (Å²) in [5.74, 6) is -1.16. The van der Waals surface area contributed by atoms with Crippen LogP contribution in [-0.4, -0.2) is 38.2 Å². The predicted octanol–water partition coefficient (Wildman–Crippen LogP) is 7.48. The number of methoxy groups -OCH3 is 2. The van der Waals surface area contributed by atoms with Crippen molar-refractivity contribution >= 4 is 45.9 Å². The topological polar surface area (TPSA) is 124 Å². The number of fused-ring (bicyclic) bond motifs is 1. The molecule has 0 bridgehead atoms. The Bertz CT molecular complexity index is 1840. The molecule has 0 spiro atoms. The number of carbonyl (C=O) groups is 3. The maximum Gasteiger partial charge on any atom is 0.339 e. The van der Waals surface area contributed by atoms with E-state index in [0.29, 0.717) is 30.7 Å². The highest BCUT2D eigenvalue weighted by Crippen LogP contribution is 2.40. The third-order valence-corrected chi connectivity index (χ3v) is 8.60. The lowest BCUT2D eigenvalue weighted by molar-refractivity contribution is -0.159. The molecule has 9 nitrogen and oxygen atoms in total. The van der Waals surface area contributed by atoms with Crippen LogP contribution in [0, 0.1) is 16.7 Å². The van der Waals surface area contributed by atoms with Gasteiger partial charge in [0.2, 0.25) is 0 Å². The van der Waals surface area contributed by atoms with E-state index >= 15 is 0 Å². The quantitative estimate of drug-likeness (QED) is 0.187. The molecule has 1 amide bonds. The number of hydrogen-bond acceptors (Lipinski definition) is 8. The van der Waals surface area contributed by atoms with Gasteiger partial charge in [0.15, 0.2) is 0 Å². The van der Waals surface area contributed by atoms with Gasteiger partial charge in [0.25, 0.3) is 5.91 Å². The second kappa shape index (κ2) is 13.9. The molecule has 5 rings (SSSR count). The maximum absolute atomic E-state index is 13.4. The van der Waals surface area contributed by atoms with Crippen LogP contribution in [0.1, 0.15) is 64.4 Å². The Hall–Kier alpha value is -5.07. The van der Waals surface area contributed by atoms with Crippen molar-refractivity contribution < 1.29 is 33.3 Å². The van der Waals surface area contributed by atoms with Gasteiger partial charge in [-0.2, -0.15) is 5.26 Å². The van der Waals surface area contributed by atoms with E-state index in [0.717, 1.165) is 16.3 Å². The van der Waals surface area contributed by atoms with Crippen molar-refractivity contribution in [3.05, 3.63) is 100 Å². The summed E-state index contributed by atoms with van der Waals surface area (Å²) in [6.07, 6.45) is 1.85. The van der Waals surface area contributed by atoms with Crippen molar-refractivity contribution in [3.63, 3.8) is 0 Å². The first-order chi connectivity index (χ1) is 22.1. The number of hydrogen-bond donors (Lipinski definition) is 1. The Balaban J connectivity index is 1.27. The molecular weight excluding hydrogens is 608 g/mol. The molecule has 0 atom stereocenters. The van der Waals surface area contributed by atoms with Gasteiger partial charge in [0.1, 0.15) is 24.2 Å². The van der Waals surface area contributed by atoms with Crippen molar-refractivity contribution in [3.8, 4) is 17.6 Å². The SMILES string of the molecule is COC(=O)c1ccc(Cl)cc1NC(=O)c1cc(OC2CCC(C)(C(=O)OCc3cccc4ccccc34)CC2)c(C#N)cc1OC. The molecule has 0 unspecified atom stereocenters. The van der Waals surface area contributed by atoms with E-state index in [4.69, 9.17) is 30.5 Å². The summed E-state index contributed by atoms with van der Waals surface area (Å²) in [5, 5.41) is 15.0. The Morgan fingerprint density at radius 1 is 0.957 bits per heavy atom. The number of nitrogens with one attached hydrogen (secondary N) is 1. The van der Waals surface area contributed by atoms with Gasteiger partial charge in [0, 0.05) is 11.1 Å². The fourth-order valence-electron chi connectivity index (χ4n) is 5.65. The van der Waals surface area contributed by atoms with Gasteiger partial charge in [0.05, 0.1) is 48.1 Å². The summed E-state index contributed by atoms with van der Waals surface area (Å²) in [5.41, 5.74) is 0.816. The van der Waals surface area contributed by atoms with E-state index in [1.807, 2.05) is 49.4 Å².